The third-order valence-electron chi connectivity index (χ3n) is 9.18. The number of benzene rings is 1. The number of carbonyl (C=O) groups is 1. The first-order chi connectivity index (χ1) is 18.7. The van der Waals surface area contributed by atoms with Crippen LogP contribution in [0.5, 0.6) is 0 Å². The van der Waals surface area contributed by atoms with E-state index < -0.39 is 27.0 Å². The molecule has 2 aromatic rings. The molecule has 4 rings (SSSR count). The lowest BCUT2D eigenvalue weighted by molar-refractivity contribution is -0.144. The molecule has 1 fully saturated rings. The highest BCUT2D eigenvalue weighted by Crippen LogP contribution is 2.62. The average molecular weight is 594 g/mol. The number of sulfonamides is 1. The lowest BCUT2D eigenvalue weighted by Gasteiger charge is -2.58. The number of aliphatic hydroxyl groups excluding tert-OH is 3. The van der Waals surface area contributed by atoms with E-state index in [-0.39, 0.29) is 53.4 Å². The van der Waals surface area contributed by atoms with Gasteiger partial charge in [0.25, 0.3) is 10.0 Å². The number of amides is 1. The number of hydrogen-bond acceptors (Lipinski definition) is 8. The SMILES string of the molecule is Cc1ccc(S(=O)(=O)Nc2nc3c(s2)CC2C(C)(CO)C(O)CCC2(C)C3CC(=O)NC(CO)CC(C)C)cc1. The van der Waals surface area contributed by atoms with Crippen LogP contribution < -0.4 is 10.0 Å². The van der Waals surface area contributed by atoms with E-state index in [4.69, 9.17) is 4.98 Å². The molecule has 2 aliphatic carbocycles. The number of anilines is 1. The summed E-state index contributed by atoms with van der Waals surface area (Å²) in [5.41, 5.74) is 0.402. The van der Waals surface area contributed by atoms with Crippen LogP contribution in [0.15, 0.2) is 29.2 Å². The number of aryl methyl sites for hydroxylation is 1. The molecule has 2 aliphatic rings. The molecule has 0 spiro atoms. The van der Waals surface area contributed by atoms with Crippen LogP contribution in [0.2, 0.25) is 0 Å². The van der Waals surface area contributed by atoms with Crippen LogP contribution in [0, 0.1) is 29.6 Å². The monoisotopic (exact) mass is 593 g/mol. The van der Waals surface area contributed by atoms with Crippen LogP contribution in [0.1, 0.15) is 75.4 Å². The molecule has 6 atom stereocenters. The Bertz CT molecular complexity index is 1310. The van der Waals surface area contributed by atoms with Crippen molar-refractivity contribution in [3.05, 3.63) is 40.4 Å². The van der Waals surface area contributed by atoms with Crippen molar-refractivity contribution in [1.82, 2.24) is 10.3 Å². The molecule has 11 heteroatoms. The van der Waals surface area contributed by atoms with Crippen LogP contribution in [0.25, 0.3) is 0 Å². The van der Waals surface area contributed by atoms with Crippen LogP contribution in [-0.4, -0.2) is 60.0 Å². The van der Waals surface area contributed by atoms with Crippen molar-refractivity contribution >= 4 is 32.4 Å². The predicted molar refractivity (Wildman–Crippen MR) is 156 cm³/mol. The zero-order valence-corrected chi connectivity index (χ0v) is 25.6. The molecular formula is C29H43N3O6S2. The van der Waals surface area contributed by atoms with Gasteiger partial charge in [-0.1, -0.05) is 45.4 Å². The molecule has 6 unspecified atom stereocenters. The van der Waals surface area contributed by atoms with Gasteiger partial charge in [0.2, 0.25) is 5.91 Å². The van der Waals surface area contributed by atoms with Crippen LogP contribution >= 0.6 is 11.3 Å². The molecule has 9 nitrogen and oxygen atoms in total. The minimum absolute atomic E-state index is 0.111. The van der Waals surface area contributed by atoms with E-state index in [0.717, 1.165) is 10.4 Å². The van der Waals surface area contributed by atoms with E-state index in [2.05, 4.69) is 17.0 Å². The molecule has 1 saturated carbocycles. The summed E-state index contributed by atoms with van der Waals surface area (Å²) in [6.45, 7) is 9.60. The predicted octanol–water partition coefficient (Wildman–Crippen LogP) is 3.58. The fraction of sp³-hybridized carbons (Fsp3) is 0.655. The summed E-state index contributed by atoms with van der Waals surface area (Å²) in [7, 11) is -3.87. The second-order valence-electron chi connectivity index (χ2n) is 12.6. The smallest absolute Gasteiger partial charge is 0.263 e. The average Bonchev–Trinajstić information content (AvgIpc) is 3.28. The highest BCUT2D eigenvalue weighted by molar-refractivity contribution is 7.93. The van der Waals surface area contributed by atoms with Crippen molar-refractivity contribution in [3.8, 4) is 0 Å². The fourth-order valence-corrected chi connectivity index (χ4v) is 9.10. The number of rotatable bonds is 10. The maximum absolute atomic E-state index is 13.4. The van der Waals surface area contributed by atoms with Crippen LogP contribution in [0.4, 0.5) is 5.13 Å². The summed E-state index contributed by atoms with van der Waals surface area (Å²) in [5.74, 6) is -0.408. The highest BCUT2D eigenvalue weighted by Gasteiger charge is 2.59. The van der Waals surface area contributed by atoms with Crippen molar-refractivity contribution in [2.75, 3.05) is 17.9 Å². The molecule has 1 amide bonds. The number of carbonyl (C=O) groups excluding carboxylic acids is 1. The van der Waals surface area contributed by atoms with E-state index in [9.17, 15) is 28.5 Å². The number of thiazole rings is 1. The third-order valence-corrected chi connectivity index (χ3v) is 11.7. The van der Waals surface area contributed by atoms with E-state index >= 15 is 0 Å². The molecule has 40 heavy (non-hydrogen) atoms. The van der Waals surface area contributed by atoms with Gasteiger partial charge in [-0.25, -0.2) is 13.4 Å². The summed E-state index contributed by atoms with van der Waals surface area (Å²) in [6, 6.07) is 6.22. The summed E-state index contributed by atoms with van der Waals surface area (Å²) in [4.78, 5) is 19.1. The number of nitrogens with zero attached hydrogens (tertiary/aromatic N) is 1. The summed E-state index contributed by atoms with van der Waals surface area (Å²) in [6.07, 6.45) is 1.72. The first-order valence-corrected chi connectivity index (χ1v) is 16.3. The Morgan fingerprint density at radius 3 is 2.48 bits per heavy atom. The molecule has 0 radical (unpaired) electrons. The Kier molecular flexibility index (Phi) is 9.02. The Morgan fingerprint density at radius 1 is 1.20 bits per heavy atom. The molecule has 1 aromatic heterocycles. The van der Waals surface area contributed by atoms with Crippen molar-refractivity contribution in [1.29, 1.82) is 0 Å². The first-order valence-electron chi connectivity index (χ1n) is 14.0. The number of aliphatic hydroxyl groups is 3. The van der Waals surface area contributed by atoms with Gasteiger partial charge in [-0.15, -0.1) is 11.3 Å². The van der Waals surface area contributed by atoms with E-state index in [1.54, 1.807) is 24.3 Å². The van der Waals surface area contributed by atoms with Gasteiger partial charge in [0.15, 0.2) is 5.13 Å². The van der Waals surface area contributed by atoms with Crippen molar-refractivity contribution in [2.45, 2.75) is 89.7 Å². The van der Waals surface area contributed by atoms with Gasteiger partial charge in [0.05, 0.1) is 35.9 Å². The van der Waals surface area contributed by atoms with Gasteiger partial charge in [-0.2, -0.15) is 0 Å². The van der Waals surface area contributed by atoms with Gasteiger partial charge in [-0.05, 0) is 62.0 Å². The minimum Gasteiger partial charge on any atom is -0.396 e. The molecule has 5 N–H and O–H groups in total. The Balaban J connectivity index is 1.71. The van der Waals surface area contributed by atoms with Gasteiger partial charge >= 0.3 is 0 Å². The third kappa shape index (κ3) is 5.94. The maximum Gasteiger partial charge on any atom is 0.263 e. The zero-order valence-electron chi connectivity index (χ0n) is 24.0. The molecule has 0 bridgehead atoms. The zero-order chi connectivity index (χ0) is 29.5. The quantitative estimate of drug-likeness (QED) is 0.283. The van der Waals surface area contributed by atoms with Gasteiger partial charge in [0, 0.05) is 22.6 Å². The highest BCUT2D eigenvalue weighted by atomic mass is 32.2. The van der Waals surface area contributed by atoms with Gasteiger partial charge in [0.1, 0.15) is 0 Å². The number of hydrogen-bond donors (Lipinski definition) is 5. The molecule has 222 valence electrons. The maximum atomic E-state index is 13.4. The Labute approximate surface area is 241 Å². The van der Waals surface area contributed by atoms with Crippen molar-refractivity contribution in [3.63, 3.8) is 0 Å². The second kappa shape index (κ2) is 11.7. The fourth-order valence-electron chi connectivity index (χ4n) is 6.80. The minimum atomic E-state index is -3.87. The van der Waals surface area contributed by atoms with Crippen LogP contribution in [-0.2, 0) is 21.2 Å². The normalized spacial score (nSPS) is 29.0. The molecule has 1 heterocycles. The first kappa shape index (κ1) is 30.9. The lowest BCUT2D eigenvalue weighted by Crippen LogP contribution is -2.58. The van der Waals surface area contributed by atoms with E-state index in [0.29, 0.717) is 37.3 Å². The lowest BCUT2D eigenvalue weighted by atomic mass is 9.47. The van der Waals surface area contributed by atoms with E-state index in [1.807, 2.05) is 27.7 Å². The van der Waals surface area contributed by atoms with Crippen molar-refractivity contribution < 1.29 is 28.5 Å². The number of nitrogens with one attached hydrogen (secondary N) is 2. The number of fused-ring (bicyclic) bond motifs is 2. The second-order valence-corrected chi connectivity index (χ2v) is 15.3. The largest absolute Gasteiger partial charge is 0.396 e. The molecular weight excluding hydrogens is 550 g/mol. The van der Waals surface area contributed by atoms with Crippen LogP contribution in [0.3, 0.4) is 0 Å². The van der Waals surface area contributed by atoms with Gasteiger partial charge < -0.3 is 20.6 Å². The van der Waals surface area contributed by atoms with Gasteiger partial charge in [-0.3, -0.25) is 9.52 Å². The Hall–Kier alpha value is -2.05. The van der Waals surface area contributed by atoms with E-state index in [1.165, 1.54) is 11.3 Å². The number of aromatic nitrogens is 1. The molecule has 1 aromatic carbocycles. The summed E-state index contributed by atoms with van der Waals surface area (Å²) in [5, 5.41) is 34.5. The Morgan fingerprint density at radius 2 is 1.88 bits per heavy atom. The molecule has 0 aliphatic heterocycles. The topological polar surface area (TPSA) is 149 Å². The summed E-state index contributed by atoms with van der Waals surface area (Å²) >= 11 is 1.25. The van der Waals surface area contributed by atoms with Crippen molar-refractivity contribution in [2.24, 2.45) is 22.7 Å². The summed E-state index contributed by atoms with van der Waals surface area (Å²) < 4.78 is 28.9. The standard InChI is InChI=1S/C29H43N3O6S2/c1-17(2)12-19(15-33)30-25(36)13-21-26-22(14-23-28(21,4)11-10-24(35)29(23,5)16-34)39-27(31-26)32-40(37,38)20-8-6-18(3)7-9-20/h6-9,17,19,21,23-24,33-35H,10-16H2,1-5H3,(H,30,36)(H,31,32). The molecule has 0 saturated heterocycles.